The lowest BCUT2D eigenvalue weighted by atomic mass is 9.97. The maximum absolute atomic E-state index is 11.8. The Kier molecular flexibility index (Phi) is 4.04. The van der Waals surface area contributed by atoms with Crippen molar-refractivity contribution in [1.82, 2.24) is 10.2 Å². The molecule has 0 spiro atoms. The van der Waals surface area contributed by atoms with Crippen molar-refractivity contribution in [3.8, 4) is 0 Å². The molecule has 0 heterocycles. The molecule has 0 amide bonds. The van der Waals surface area contributed by atoms with Crippen LogP contribution in [0.3, 0.4) is 0 Å². The quantitative estimate of drug-likeness (QED) is 0.717. The SMILES string of the molecule is CCCCN(C1CC1)C1CCC(NC2CC2)(C(=O)O)C1. The van der Waals surface area contributed by atoms with Crippen LogP contribution in [0.25, 0.3) is 0 Å². The summed E-state index contributed by atoms with van der Waals surface area (Å²) >= 11 is 0. The van der Waals surface area contributed by atoms with Crippen LogP contribution < -0.4 is 5.32 Å². The van der Waals surface area contributed by atoms with E-state index >= 15 is 0 Å². The van der Waals surface area contributed by atoms with Gasteiger partial charge in [-0.15, -0.1) is 0 Å². The Morgan fingerprint density at radius 2 is 2.00 bits per heavy atom. The number of carboxylic acid groups (broad SMARTS) is 1. The molecule has 0 aromatic heterocycles. The van der Waals surface area contributed by atoms with E-state index in [1.807, 2.05) is 0 Å². The fourth-order valence-electron chi connectivity index (χ4n) is 3.72. The zero-order valence-electron chi connectivity index (χ0n) is 12.6. The Hall–Kier alpha value is -0.610. The molecule has 4 heteroatoms. The highest BCUT2D eigenvalue weighted by atomic mass is 16.4. The zero-order valence-corrected chi connectivity index (χ0v) is 12.6. The van der Waals surface area contributed by atoms with Gasteiger partial charge in [0.1, 0.15) is 5.54 Å². The molecule has 3 fully saturated rings. The minimum atomic E-state index is -0.634. The van der Waals surface area contributed by atoms with Gasteiger partial charge in [-0.1, -0.05) is 13.3 Å². The van der Waals surface area contributed by atoms with Crippen molar-refractivity contribution in [3.63, 3.8) is 0 Å². The van der Waals surface area contributed by atoms with E-state index in [1.165, 1.54) is 25.7 Å². The summed E-state index contributed by atoms with van der Waals surface area (Å²) < 4.78 is 0. The van der Waals surface area contributed by atoms with Crippen LogP contribution in [0.2, 0.25) is 0 Å². The molecule has 0 radical (unpaired) electrons. The van der Waals surface area contributed by atoms with Gasteiger partial charge in [0.15, 0.2) is 0 Å². The molecule has 3 aliphatic rings. The third kappa shape index (κ3) is 3.01. The van der Waals surface area contributed by atoms with Crippen molar-refractivity contribution in [2.75, 3.05) is 6.54 Å². The predicted octanol–water partition coefficient (Wildman–Crippen LogP) is 2.38. The van der Waals surface area contributed by atoms with Gasteiger partial charge in [0.05, 0.1) is 0 Å². The standard InChI is InChI=1S/C16H28N2O2/c1-2-3-10-18(13-6-7-13)14-8-9-16(11-14,15(19)20)17-12-4-5-12/h12-14,17H,2-11H2,1H3,(H,19,20). The van der Waals surface area contributed by atoms with Crippen LogP contribution in [0, 0.1) is 0 Å². The van der Waals surface area contributed by atoms with E-state index in [1.54, 1.807) is 0 Å². The van der Waals surface area contributed by atoms with Crippen LogP contribution in [0.15, 0.2) is 0 Å². The summed E-state index contributed by atoms with van der Waals surface area (Å²) in [6.07, 6.45) is 10.1. The number of carbonyl (C=O) groups is 1. The van der Waals surface area contributed by atoms with Crippen LogP contribution in [0.1, 0.15) is 64.7 Å². The number of nitrogens with zero attached hydrogens (tertiary/aromatic N) is 1. The molecule has 0 aromatic rings. The molecule has 3 saturated carbocycles. The third-order valence-corrected chi connectivity index (χ3v) is 5.21. The molecule has 2 unspecified atom stereocenters. The summed E-state index contributed by atoms with van der Waals surface area (Å²) in [5, 5.41) is 13.1. The number of unbranched alkanes of at least 4 members (excludes halogenated alkanes) is 1. The second kappa shape index (κ2) is 5.64. The predicted molar refractivity (Wildman–Crippen MR) is 78.8 cm³/mol. The molecule has 0 aliphatic heterocycles. The van der Waals surface area contributed by atoms with E-state index in [9.17, 15) is 9.90 Å². The van der Waals surface area contributed by atoms with Gasteiger partial charge in [0.25, 0.3) is 0 Å². The van der Waals surface area contributed by atoms with Gasteiger partial charge in [0, 0.05) is 18.1 Å². The second-order valence-electron chi connectivity index (χ2n) is 7.03. The van der Waals surface area contributed by atoms with Crippen LogP contribution in [0.5, 0.6) is 0 Å². The van der Waals surface area contributed by atoms with Gasteiger partial charge in [-0.2, -0.15) is 0 Å². The van der Waals surface area contributed by atoms with Crippen LogP contribution in [-0.4, -0.2) is 46.2 Å². The first-order valence-electron chi connectivity index (χ1n) is 8.41. The topological polar surface area (TPSA) is 52.6 Å². The normalized spacial score (nSPS) is 33.8. The highest BCUT2D eigenvalue weighted by molar-refractivity contribution is 5.79. The molecule has 20 heavy (non-hydrogen) atoms. The molecule has 3 aliphatic carbocycles. The van der Waals surface area contributed by atoms with E-state index in [-0.39, 0.29) is 0 Å². The van der Waals surface area contributed by atoms with Gasteiger partial charge >= 0.3 is 5.97 Å². The monoisotopic (exact) mass is 280 g/mol. The Bertz CT molecular complexity index is 365. The first-order valence-corrected chi connectivity index (χ1v) is 8.41. The third-order valence-electron chi connectivity index (χ3n) is 5.21. The highest BCUT2D eigenvalue weighted by Gasteiger charge is 2.50. The van der Waals surface area contributed by atoms with Gasteiger partial charge in [-0.05, 0) is 57.9 Å². The van der Waals surface area contributed by atoms with Crippen LogP contribution >= 0.6 is 0 Å². The molecule has 0 aromatic carbocycles. The van der Waals surface area contributed by atoms with Gasteiger partial charge in [-0.25, -0.2) is 0 Å². The molecular formula is C16H28N2O2. The number of aliphatic carboxylic acids is 1. The maximum atomic E-state index is 11.8. The first kappa shape index (κ1) is 14.3. The Balaban J connectivity index is 1.64. The lowest BCUT2D eigenvalue weighted by Gasteiger charge is -2.31. The van der Waals surface area contributed by atoms with Gasteiger partial charge in [-0.3, -0.25) is 15.0 Å². The first-order chi connectivity index (χ1) is 9.64. The molecule has 0 bridgehead atoms. The summed E-state index contributed by atoms with van der Waals surface area (Å²) in [5.74, 6) is -0.627. The Morgan fingerprint density at radius 3 is 2.55 bits per heavy atom. The Labute approximate surface area is 121 Å². The van der Waals surface area contributed by atoms with E-state index < -0.39 is 11.5 Å². The highest BCUT2D eigenvalue weighted by Crippen LogP contribution is 2.40. The largest absolute Gasteiger partial charge is 0.480 e. The molecule has 3 rings (SSSR count). The van der Waals surface area contributed by atoms with Crippen molar-refractivity contribution >= 4 is 5.97 Å². The summed E-state index contributed by atoms with van der Waals surface area (Å²) in [6.45, 7) is 3.39. The molecule has 2 N–H and O–H groups in total. The minimum Gasteiger partial charge on any atom is -0.480 e. The van der Waals surface area contributed by atoms with Crippen molar-refractivity contribution in [1.29, 1.82) is 0 Å². The number of nitrogens with one attached hydrogen (secondary N) is 1. The van der Waals surface area contributed by atoms with Crippen LogP contribution in [-0.2, 0) is 4.79 Å². The summed E-state index contributed by atoms with van der Waals surface area (Å²) in [4.78, 5) is 14.4. The minimum absolute atomic E-state index is 0.467. The Morgan fingerprint density at radius 1 is 1.25 bits per heavy atom. The molecule has 2 atom stereocenters. The van der Waals surface area contributed by atoms with Crippen molar-refractivity contribution in [2.24, 2.45) is 0 Å². The summed E-state index contributed by atoms with van der Waals surface area (Å²) in [5.41, 5.74) is -0.634. The van der Waals surface area contributed by atoms with E-state index in [4.69, 9.17) is 0 Å². The number of rotatable bonds is 8. The van der Waals surface area contributed by atoms with Crippen molar-refractivity contribution in [2.45, 2.75) is 88.4 Å². The number of hydrogen-bond acceptors (Lipinski definition) is 3. The zero-order chi connectivity index (χ0) is 14.2. The summed E-state index contributed by atoms with van der Waals surface area (Å²) in [7, 11) is 0. The fourth-order valence-corrected chi connectivity index (χ4v) is 3.72. The van der Waals surface area contributed by atoms with Crippen molar-refractivity contribution < 1.29 is 9.90 Å². The lowest BCUT2D eigenvalue weighted by Crippen LogP contribution is -2.52. The number of carboxylic acids is 1. The van der Waals surface area contributed by atoms with Crippen molar-refractivity contribution in [3.05, 3.63) is 0 Å². The van der Waals surface area contributed by atoms with Gasteiger partial charge in [0.2, 0.25) is 0 Å². The average molecular weight is 280 g/mol. The smallest absolute Gasteiger partial charge is 0.323 e. The lowest BCUT2D eigenvalue weighted by molar-refractivity contribution is -0.145. The van der Waals surface area contributed by atoms with Gasteiger partial charge < -0.3 is 5.11 Å². The maximum Gasteiger partial charge on any atom is 0.323 e. The fraction of sp³-hybridized carbons (Fsp3) is 0.938. The molecule has 0 saturated heterocycles. The van der Waals surface area contributed by atoms with E-state index in [2.05, 4.69) is 17.1 Å². The molecular weight excluding hydrogens is 252 g/mol. The summed E-state index contributed by atoms with van der Waals surface area (Å²) in [6, 6.07) is 1.70. The molecule has 4 nitrogen and oxygen atoms in total. The second-order valence-corrected chi connectivity index (χ2v) is 7.03. The average Bonchev–Trinajstić information content (AvgIpc) is 3.31. The van der Waals surface area contributed by atoms with E-state index in [0.717, 1.165) is 44.7 Å². The van der Waals surface area contributed by atoms with E-state index in [0.29, 0.717) is 12.1 Å². The molecule has 114 valence electrons. The number of hydrogen-bond donors (Lipinski definition) is 2. The van der Waals surface area contributed by atoms with Crippen LogP contribution in [0.4, 0.5) is 0 Å².